The number of fused-ring (bicyclic) bond motifs is 3. The second-order valence-corrected chi connectivity index (χ2v) is 19.2. The lowest BCUT2D eigenvalue weighted by molar-refractivity contribution is -0.256. The number of nitrogens with zero attached hydrogens (tertiary/aromatic N) is 5. The summed E-state index contributed by atoms with van der Waals surface area (Å²) in [7, 11) is 4.27. The molecule has 6 rings (SSSR count). The van der Waals surface area contributed by atoms with Gasteiger partial charge in [0.2, 0.25) is 0 Å². The van der Waals surface area contributed by atoms with E-state index in [0.29, 0.717) is 49.4 Å². The number of ether oxygens (including phenoxy) is 2. The van der Waals surface area contributed by atoms with Crippen molar-refractivity contribution < 1.29 is 19.4 Å². The van der Waals surface area contributed by atoms with Crippen LogP contribution in [0.15, 0.2) is 11.6 Å². The highest BCUT2D eigenvalue weighted by Crippen LogP contribution is 2.75. The van der Waals surface area contributed by atoms with E-state index in [1.165, 1.54) is 5.57 Å². The minimum atomic E-state index is -0.626. The molecule has 2 bridgehead atoms. The van der Waals surface area contributed by atoms with Crippen molar-refractivity contribution in [2.45, 2.75) is 125 Å². The van der Waals surface area contributed by atoms with E-state index in [1.807, 2.05) is 0 Å². The molecule has 3 N–H and O–H groups in total. The lowest BCUT2D eigenvalue weighted by Crippen LogP contribution is -2.69. The standard InChI is InChI=1S/C39H66N6O4/c1-23(2)25(5)34(6)17-18-36(8)26-13-14-29-35(7)20-48-22-39(29,27(26)15-16-37(36,9)30(34)32(46)47)19-28(45-42-33(40)41-43-45)31(35)49-21-38(10,24(3)4)44(11)12/h15,23-26,28-31H,13-14,16-22H2,1-12H3,(H2,40,42)(H,46,47)/t25-,26+,28-,29+,30-,31+,34-,35-,36-,37+,38+,39+/m1/s1. The van der Waals surface area contributed by atoms with E-state index < -0.39 is 11.9 Å². The zero-order valence-electron chi connectivity index (χ0n) is 32.5. The number of nitrogens with two attached hydrogens (primary N) is 1. The maximum Gasteiger partial charge on any atom is 0.307 e. The van der Waals surface area contributed by atoms with Crippen LogP contribution in [-0.4, -0.2) is 81.7 Å². The summed E-state index contributed by atoms with van der Waals surface area (Å²) < 4.78 is 13.9. The molecule has 1 aromatic rings. The Hall–Kier alpha value is -2.04. The van der Waals surface area contributed by atoms with E-state index >= 15 is 0 Å². The van der Waals surface area contributed by atoms with Crippen LogP contribution in [0.1, 0.15) is 114 Å². The first-order valence-corrected chi connectivity index (χ1v) is 19.1. The monoisotopic (exact) mass is 683 g/mol. The van der Waals surface area contributed by atoms with Crippen LogP contribution in [0.2, 0.25) is 0 Å². The van der Waals surface area contributed by atoms with E-state index in [1.54, 1.807) is 4.80 Å². The minimum Gasteiger partial charge on any atom is -0.481 e. The van der Waals surface area contributed by atoms with Crippen LogP contribution in [0, 0.1) is 62.6 Å². The Balaban J connectivity index is 1.44. The number of nitrogen functional groups attached to an aromatic ring is 1. The molecule has 5 aliphatic rings. The van der Waals surface area contributed by atoms with Crippen molar-refractivity contribution in [3.63, 3.8) is 0 Å². The normalized spacial score (nSPS) is 43.7. The average molecular weight is 683 g/mol. The van der Waals surface area contributed by atoms with Gasteiger partial charge in [0.25, 0.3) is 5.95 Å². The van der Waals surface area contributed by atoms with Gasteiger partial charge in [0.1, 0.15) is 6.04 Å². The second kappa shape index (κ2) is 12.0. The lowest BCUT2D eigenvalue weighted by Gasteiger charge is -2.71. The fourth-order valence-corrected chi connectivity index (χ4v) is 12.6. The van der Waals surface area contributed by atoms with Crippen molar-refractivity contribution >= 4 is 11.9 Å². The van der Waals surface area contributed by atoms with Crippen molar-refractivity contribution in [3.05, 3.63) is 11.6 Å². The maximum atomic E-state index is 13.5. The SMILES string of the molecule is CC(C)[C@@H](C)[C@@]1(C)CC[C@]2(C)[C@H]3CC[C@@H]4[C@@]5(COC[C@@]4(C)[C@@H](OC[C@@](C)(C(C)C)N(C)C)[C@H](n4nnc(N)n4)C5)C3=CC[C@@]2(C)[C@@H]1C(=O)O. The molecule has 276 valence electrons. The molecule has 0 radical (unpaired) electrons. The van der Waals surface area contributed by atoms with Gasteiger partial charge >= 0.3 is 5.97 Å². The topological polar surface area (TPSA) is 129 Å². The van der Waals surface area contributed by atoms with Gasteiger partial charge in [0.15, 0.2) is 0 Å². The number of likely N-dealkylation sites (N-methyl/N-ethyl adjacent to an activating group) is 1. The number of rotatable bonds is 9. The van der Waals surface area contributed by atoms with Crippen LogP contribution >= 0.6 is 0 Å². The van der Waals surface area contributed by atoms with E-state index in [0.717, 1.165) is 38.5 Å². The number of aliphatic carboxylic acids is 1. The van der Waals surface area contributed by atoms with E-state index in [4.69, 9.17) is 15.2 Å². The van der Waals surface area contributed by atoms with Crippen LogP contribution in [0.3, 0.4) is 0 Å². The van der Waals surface area contributed by atoms with Crippen LogP contribution in [-0.2, 0) is 14.3 Å². The van der Waals surface area contributed by atoms with Crippen LogP contribution in [0.4, 0.5) is 5.95 Å². The molecular formula is C39H66N6O4. The van der Waals surface area contributed by atoms with Gasteiger partial charge in [-0.05, 0) is 111 Å². The number of hydrogen-bond acceptors (Lipinski definition) is 8. The summed E-state index contributed by atoms with van der Waals surface area (Å²) >= 11 is 0. The maximum absolute atomic E-state index is 13.5. The van der Waals surface area contributed by atoms with Gasteiger partial charge < -0.3 is 25.2 Å². The molecule has 10 heteroatoms. The van der Waals surface area contributed by atoms with Gasteiger partial charge in [-0.1, -0.05) is 79.1 Å². The highest BCUT2D eigenvalue weighted by atomic mass is 16.5. The van der Waals surface area contributed by atoms with Crippen LogP contribution < -0.4 is 5.73 Å². The molecule has 1 aromatic heterocycles. The van der Waals surface area contributed by atoms with Gasteiger partial charge in [-0.25, -0.2) is 0 Å². The molecule has 49 heavy (non-hydrogen) atoms. The number of carboxylic acids is 1. The zero-order valence-corrected chi connectivity index (χ0v) is 32.5. The first kappa shape index (κ1) is 36.7. The fraction of sp³-hybridized carbons (Fsp3) is 0.897. The predicted molar refractivity (Wildman–Crippen MR) is 192 cm³/mol. The molecule has 0 unspecified atom stereocenters. The van der Waals surface area contributed by atoms with Crippen molar-refractivity contribution in [1.29, 1.82) is 0 Å². The van der Waals surface area contributed by atoms with Gasteiger partial charge in [0.05, 0.1) is 31.8 Å². The van der Waals surface area contributed by atoms with Crippen molar-refractivity contribution in [2.75, 3.05) is 39.6 Å². The molecule has 4 fully saturated rings. The summed E-state index contributed by atoms with van der Waals surface area (Å²) in [5, 5.41) is 24.3. The highest BCUT2D eigenvalue weighted by molar-refractivity contribution is 5.73. The summed E-state index contributed by atoms with van der Waals surface area (Å²) in [6.07, 6.45) is 7.97. The third-order valence-electron chi connectivity index (χ3n) is 16.7. The van der Waals surface area contributed by atoms with Gasteiger partial charge in [-0.15, -0.1) is 5.10 Å². The third kappa shape index (κ3) is 5.02. The zero-order chi connectivity index (χ0) is 36.1. The number of carboxylic acid groups (broad SMARTS) is 1. The molecule has 2 heterocycles. The second-order valence-electron chi connectivity index (χ2n) is 19.2. The molecular weight excluding hydrogens is 616 g/mol. The number of tetrazole rings is 1. The number of aromatic nitrogens is 4. The Morgan fingerprint density at radius 2 is 1.82 bits per heavy atom. The van der Waals surface area contributed by atoms with Gasteiger partial charge in [0, 0.05) is 16.4 Å². The highest BCUT2D eigenvalue weighted by Gasteiger charge is 2.72. The summed E-state index contributed by atoms with van der Waals surface area (Å²) in [4.78, 5) is 17.5. The van der Waals surface area contributed by atoms with Gasteiger partial charge in [-0.2, -0.15) is 4.80 Å². The number of carbonyl (C=O) groups is 1. The Bertz CT molecular complexity index is 1450. The first-order chi connectivity index (χ1) is 22.7. The molecule has 0 aromatic carbocycles. The molecule has 1 saturated heterocycles. The molecule has 10 nitrogen and oxygen atoms in total. The minimum absolute atomic E-state index is 0.145. The number of hydrogen-bond donors (Lipinski definition) is 2. The van der Waals surface area contributed by atoms with Crippen LogP contribution in [0.25, 0.3) is 0 Å². The molecule has 4 aliphatic carbocycles. The number of anilines is 1. The quantitative estimate of drug-likeness (QED) is 0.272. The predicted octanol–water partition coefficient (Wildman–Crippen LogP) is 6.75. The fourth-order valence-electron chi connectivity index (χ4n) is 12.6. The third-order valence-corrected chi connectivity index (χ3v) is 16.7. The Morgan fingerprint density at radius 1 is 1.12 bits per heavy atom. The van der Waals surface area contributed by atoms with Crippen LogP contribution in [0.5, 0.6) is 0 Å². The van der Waals surface area contributed by atoms with Crippen molar-refractivity contribution in [3.8, 4) is 0 Å². The smallest absolute Gasteiger partial charge is 0.307 e. The van der Waals surface area contributed by atoms with E-state index in [-0.39, 0.29) is 50.7 Å². The van der Waals surface area contributed by atoms with Crippen molar-refractivity contribution in [2.24, 2.45) is 62.6 Å². The largest absolute Gasteiger partial charge is 0.481 e. The summed E-state index contributed by atoms with van der Waals surface area (Å²) in [5.41, 5.74) is 6.16. The lowest BCUT2D eigenvalue weighted by atomic mass is 9.34. The van der Waals surface area contributed by atoms with E-state index in [2.05, 4.69) is 110 Å². The summed E-state index contributed by atoms with van der Waals surface area (Å²) in [6.45, 7) is 24.9. The molecule has 12 atom stereocenters. The molecule has 0 amide bonds. The number of allylic oxidation sites excluding steroid dienone is 1. The molecule has 3 saturated carbocycles. The molecule has 0 spiro atoms. The first-order valence-electron chi connectivity index (χ1n) is 19.1. The van der Waals surface area contributed by atoms with Gasteiger partial charge in [-0.3, -0.25) is 4.79 Å². The van der Waals surface area contributed by atoms with E-state index in [9.17, 15) is 9.90 Å². The Labute approximate surface area is 295 Å². The van der Waals surface area contributed by atoms with Crippen molar-refractivity contribution in [1.82, 2.24) is 25.1 Å². The summed E-state index contributed by atoms with van der Waals surface area (Å²) in [5.74, 6) is 0.902. The Kier molecular flexibility index (Phi) is 9.00. The summed E-state index contributed by atoms with van der Waals surface area (Å²) in [6, 6.07) is -0.164. The molecule has 1 aliphatic heterocycles. The Morgan fingerprint density at radius 3 is 2.39 bits per heavy atom. The average Bonchev–Trinajstić information content (AvgIpc) is 3.45.